The second kappa shape index (κ2) is 7.38. The van der Waals surface area contributed by atoms with Gasteiger partial charge in [0.05, 0.1) is 36.1 Å². The van der Waals surface area contributed by atoms with Gasteiger partial charge in [-0.25, -0.2) is 4.98 Å². The molecule has 6 heteroatoms. The van der Waals surface area contributed by atoms with Crippen molar-refractivity contribution in [2.45, 2.75) is 31.9 Å². The van der Waals surface area contributed by atoms with Gasteiger partial charge in [0.25, 0.3) is 0 Å². The molecule has 5 rings (SSSR count). The fourth-order valence-corrected chi connectivity index (χ4v) is 4.66. The zero-order valence-electron chi connectivity index (χ0n) is 17.1. The molecule has 154 valence electrons. The van der Waals surface area contributed by atoms with Crippen LogP contribution in [0.2, 0.25) is 0 Å². The van der Waals surface area contributed by atoms with E-state index < -0.39 is 5.60 Å². The average Bonchev–Trinajstić information content (AvgIpc) is 3.30. The molecule has 0 spiro atoms. The molecule has 4 aromatic rings. The summed E-state index contributed by atoms with van der Waals surface area (Å²) >= 11 is 0. The predicted octanol–water partition coefficient (Wildman–Crippen LogP) is 3.54. The van der Waals surface area contributed by atoms with Crippen LogP contribution < -0.4 is 0 Å². The number of Topliss-reactive ketones (excluding diaryl/α,β-unsaturated/α-hetero) is 1. The molecule has 2 N–H and O–H groups in total. The highest BCUT2D eigenvalue weighted by molar-refractivity contribution is 6.10. The number of carbonyl (C=O) groups is 1. The number of aliphatic hydroxyl groups is 1. The van der Waals surface area contributed by atoms with Crippen LogP contribution in [0.25, 0.3) is 21.9 Å². The number of para-hydroxylation sites is 3. The Balaban J connectivity index is 1.25. The maximum absolute atomic E-state index is 13.0. The molecule has 1 saturated heterocycles. The summed E-state index contributed by atoms with van der Waals surface area (Å²) in [6.07, 6.45) is 3.08. The Bertz CT molecular complexity index is 1210. The Labute approximate surface area is 175 Å². The number of H-pyrrole nitrogens is 1. The lowest BCUT2D eigenvalue weighted by atomic mass is 9.91. The number of ketones is 1. The van der Waals surface area contributed by atoms with Gasteiger partial charge < -0.3 is 14.7 Å². The molecule has 0 atom stereocenters. The van der Waals surface area contributed by atoms with Gasteiger partial charge in [0.1, 0.15) is 0 Å². The number of hydrogen-bond donors (Lipinski definition) is 2. The zero-order valence-corrected chi connectivity index (χ0v) is 17.1. The van der Waals surface area contributed by atoms with Gasteiger partial charge in [-0.1, -0.05) is 30.3 Å². The number of piperidine rings is 1. The number of likely N-dealkylation sites (tertiary alicyclic amines) is 1. The Hall–Kier alpha value is -2.96. The van der Waals surface area contributed by atoms with Crippen LogP contribution >= 0.6 is 0 Å². The second-order valence-corrected chi connectivity index (χ2v) is 8.46. The van der Waals surface area contributed by atoms with Gasteiger partial charge in [-0.3, -0.25) is 9.69 Å². The first-order chi connectivity index (χ1) is 14.5. The van der Waals surface area contributed by atoms with Crippen molar-refractivity contribution in [3.05, 3.63) is 66.1 Å². The Morgan fingerprint density at radius 1 is 1.13 bits per heavy atom. The summed E-state index contributed by atoms with van der Waals surface area (Å²) in [6, 6.07) is 15.9. The van der Waals surface area contributed by atoms with E-state index in [4.69, 9.17) is 0 Å². The minimum atomic E-state index is -0.778. The molecule has 0 amide bonds. The lowest BCUT2D eigenvalue weighted by Crippen LogP contribution is -2.48. The topological polar surface area (TPSA) is 74.2 Å². The molecule has 2 aromatic heterocycles. The third-order valence-electron chi connectivity index (χ3n) is 6.32. The molecule has 0 saturated carbocycles. The molecule has 0 bridgehead atoms. The third kappa shape index (κ3) is 3.42. The Kier molecular flexibility index (Phi) is 4.68. The normalized spacial score (nSPS) is 17.0. The largest absolute Gasteiger partial charge is 0.388 e. The van der Waals surface area contributed by atoms with Gasteiger partial charge in [0, 0.05) is 35.2 Å². The third-order valence-corrected chi connectivity index (χ3v) is 6.32. The minimum Gasteiger partial charge on any atom is -0.388 e. The fraction of sp³-hybridized carbons (Fsp3) is 0.333. The first-order valence-electron chi connectivity index (χ1n) is 10.5. The number of benzene rings is 2. The van der Waals surface area contributed by atoms with Crippen molar-refractivity contribution in [1.82, 2.24) is 19.4 Å². The van der Waals surface area contributed by atoms with Crippen LogP contribution in [0.5, 0.6) is 0 Å². The summed E-state index contributed by atoms with van der Waals surface area (Å²) < 4.78 is 2.03. The molecule has 1 aliphatic rings. The summed E-state index contributed by atoms with van der Waals surface area (Å²) in [4.78, 5) is 22.9. The Morgan fingerprint density at radius 3 is 2.70 bits per heavy atom. The predicted molar refractivity (Wildman–Crippen MR) is 118 cm³/mol. The van der Waals surface area contributed by atoms with E-state index in [1.54, 1.807) is 6.33 Å². The minimum absolute atomic E-state index is 0.135. The highest BCUT2D eigenvalue weighted by Gasteiger charge is 2.34. The molecule has 2 aromatic carbocycles. The highest BCUT2D eigenvalue weighted by Crippen LogP contribution is 2.27. The summed E-state index contributed by atoms with van der Waals surface area (Å²) in [5, 5.41) is 12.1. The average molecular weight is 402 g/mol. The number of aryl methyl sites for hydroxylation is 1. The number of nitrogens with one attached hydrogen (secondary N) is 1. The zero-order chi connectivity index (χ0) is 20.7. The van der Waals surface area contributed by atoms with Crippen molar-refractivity contribution in [2.75, 3.05) is 19.6 Å². The lowest BCUT2D eigenvalue weighted by molar-refractivity contribution is -0.0320. The van der Waals surface area contributed by atoms with Crippen LogP contribution in [0, 0.1) is 6.92 Å². The summed E-state index contributed by atoms with van der Waals surface area (Å²) in [5.41, 5.74) is 3.91. The molecule has 0 aliphatic carbocycles. The van der Waals surface area contributed by atoms with Gasteiger partial charge >= 0.3 is 0 Å². The first kappa shape index (κ1) is 19.0. The van der Waals surface area contributed by atoms with Crippen LogP contribution in [0.15, 0.2) is 54.9 Å². The molecule has 0 unspecified atom stereocenters. The molecule has 1 fully saturated rings. The van der Waals surface area contributed by atoms with Gasteiger partial charge in [-0.15, -0.1) is 0 Å². The van der Waals surface area contributed by atoms with E-state index in [9.17, 15) is 9.90 Å². The van der Waals surface area contributed by atoms with E-state index in [-0.39, 0.29) is 5.78 Å². The molecule has 1 aliphatic heterocycles. The van der Waals surface area contributed by atoms with Crippen molar-refractivity contribution in [2.24, 2.45) is 0 Å². The maximum Gasteiger partial charge on any atom is 0.179 e. The van der Waals surface area contributed by atoms with Gasteiger partial charge in [-0.05, 0) is 38.0 Å². The number of aromatic nitrogens is 3. The number of fused-ring (bicyclic) bond motifs is 2. The molecular weight excluding hydrogens is 376 g/mol. The molecule has 30 heavy (non-hydrogen) atoms. The fourth-order valence-electron chi connectivity index (χ4n) is 4.66. The SMILES string of the molecule is Cc1[nH]c2ccccc2c1C(=O)CN1CCC(O)(Cn2cnc3ccccc32)CC1. The van der Waals surface area contributed by atoms with Crippen molar-refractivity contribution in [3.8, 4) is 0 Å². The lowest BCUT2D eigenvalue weighted by Gasteiger charge is -2.38. The van der Waals surface area contributed by atoms with Crippen LogP contribution in [0.1, 0.15) is 28.9 Å². The van der Waals surface area contributed by atoms with E-state index in [2.05, 4.69) is 14.9 Å². The van der Waals surface area contributed by atoms with E-state index in [1.807, 2.05) is 60.0 Å². The highest BCUT2D eigenvalue weighted by atomic mass is 16.3. The number of hydrogen-bond acceptors (Lipinski definition) is 4. The van der Waals surface area contributed by atoms with Crippen LogP contribution in [-0.4, -0.2) is 55.6 Å². The number of nitrogens with zero attached hydrogens (tertiary/aromatic N) is 3. The van der Waals surface area contributed by atoms with Crippen molar-refractivity contribution in [3.63, 3.8) is 0 Å². The van der Waals surface area contributed by atoms with Crippen molar-refractivity contribution < 1.29 is 9.90 Å². The van der Waals surface area contributed by atoms with Gasteiger partial charge in [-0.2, -0.15) is 0 Å². The number of carbonyl (C=O) groups excluding carboxylic acids is 1. The number of imidazole rings is 1. The number of rotatable bonds is 5. The van der Waals surface area contributed by atoms with E-state index in [1.165, 1.54) is 0 Å². The van der Waals surface area contributed by atoms with Crippen LogP contribution in [0.4, 0.5) is 0 Å². The second-order valence-electron chi connectivity index (χ2n) is 8.46. The molecule has 0 radical (unpaired) electrons. The monoisotopic (exact) mass is 402 g/mol. The molecule has 3 heterocycles. The van der Waals surface area contributed by atoms with Gasteiger partial charge in [0.2, 0.25) is 0 Å². The summed E-state index contributed by atoms with van der Waals surface area (Å²) in [5.74, 6) is 0.135. The first-order valence-corrected chi connectivity index (χ1v) is 10.5. The van der Waals surface area contributed by atoms with Crippen molar-refractivity contribution >= 4 is 27.7 Å². The quantitative estimate of drug-likeness (QED) is 0.501. The van der Waals surface area contributed by atoms with Gasteiger partial charge in [0.15, 0.2) is 5.78 Å². The standard InChI is InChI=1S/C24H26N4O2/c1-17-23(18-6-2-3-7-19(18)26-17)22(29)14-27-12-10-24(30,11-13-27)15-28-16-25-20-8-4-5-9-21(20)28/h2-9,16,26,30H,10-15H2,1H3. The van der Waals surface area contributed by atoms with E-state index in [0.717, 1.165) is 33.2 Å². The molecular formula is C24H26N4O2. The smallest absolute Gasteiger partial charge is 0.179 e. The maximum atomic E-state index is 13.0. The summed E-state index contributed by atoms with van der Waals surface area (Å²) in [6.45, 7) is 4.27. The van der Waals surface area contributed by atoms with Crippen LogP contribution in [-0.2, 0) is 6.54 Å². The van der Waals surface area contributed by atoms with E-state index >= 15 is 0 Å². The van der Waals surface area contributed by atoms with E-state index in [0.29, 0.717) is 39.0 Å². The van der Waals surface area contributed by atoms with Crippen molar-refractivity contribution in [1.29, 1.82) is 0 Å². The summed E-state index contributed by atoms with van der Waals surface area (Å²) in [7, 11) is 0. The Morgan fingerprint density at radius 2 is 1.87 bits per heavy atom. The number of aromatic amines is 1. The van der Waals surface area contributed by atoms with Crippen LogP contribution in [0.3, 0.4) is 0 Å². The molecule has 6 nitrogen and oxygen atoms in total.